The van der Waals surface area contributed by atoms with E-state index in [2.05, 4.69) is 48.1 Å². The van der Waals surface area contributed by atoms with Crippen molar-refractivity contribution in [3.63, 3.8) is 0 Å². The van der Waals surface area contributed by atoms with Crippen LogP contribution in [0.15, 0.2) is 18.3 Å². The molecule has 1 saturated carbocycles. The maximum absolute atomic E-state index is 4.38. The minimum Gasteiger partial charge on any atom is -0.370 e. The van der Waals surface area contributed by atoms with Crippen molar-refractivity contribution in [3.8, 4) is 0 Å². The van der Waals surface area contributed by atoms with Crippen LogP contribution in [0.3, 0.4) is 0 Å². The first-order valence-corrected chi connectivity index (χ1v) is 7.17. The minimum absolute atomic E-state index is 0.700. The highest BCUT2D eigenvalue weighted by Gasteiger charge is 2.29. The van der Waals surface area contributed by atoms with Crippen molar-refractivity contribution in [3.05, 3.63) is 18.3 Å². The molecular weight excluding hydrogens is 222 g/mol. The summed E-state index contributed by atoms with van der Waals surface area (Å²) in [6.45, 7) is 8.87. The molecular formula is C15H25N3. The van der Waals surface area contributed by atoms with Gasteiger partial charge in [0.05, 0.1) is 0 Å². The van der Waals surface area contributed by atoms with Gasteiger partial charge in [-0.3, -0.25) is 0 Å². The number of hydrogen-bond acceptors (Lipinski definition) is 3. The van der Waals surface area contributed by atoms with Crippen molar-refractivity contribution in [2.45, 2.75) is 46.1 Å². The Kier molecular flexibility index (Phi) is 4.45. The highest BCUT2D eigenvalue weighted by Crippen LogP contribution is 2.32. The van der Waals surface area contributed by atoms with Crippen LogP contribution in [0.5, 0.6) is 0 Å². The third-order valence-electron chi connectivity index (χ3n) is 3.18. The lowest BCUT2D eigenvalue weighted by Gasteiger charge is -2.27. The van der Waals surface area contributed by atoms with E-state index in [-0.39, 0.29) is 0 Å². The zero-order valence-electron chi connectivity index (χ0n) is 11.8. The lowest BCUT2D eigenvalue weighted by molar-refractivity contribution is 0.607. The summed E-state index contributed by atoms with van der Waals surface area (Å²) in [6.07, 6.45) is 5.73. The van der Waals surface area contributed by atoms with Crippen molar-refractivity contribution in [1.82, 2.24) is 4.98 Å². The van der Waals surface area contributed by atoms with E-state index in [0.29, 0.717) is 5.92 Å². The second-order valence-corrected chi connectivity index (χ2v) is 5.60. The quantitative estimate of drug-likeness (QED) is 0.799. The van der Waals surface area contributed by atoms with E-state index in [1.54, 1.807) is 0 Å². The zero-order valence-corrected chi connectivity index (χ0v) is 11.8. The minimum atomic E-state index is 0.700. The summed E-state index contributed by atoms with van der Waals surface area (Å²) >= 11 is 0. The first kappa shape index (κ1) is 13.2. The van der Waals surface area contributed by atoms with Gasteiger partial charge in [0.15, 0.2) is 0 Å². The molecule has 100 valence electrons. The number of hydrogen-bond donors (Lipinski definition) is 1. The van der Waals surface area contributed by atoms with Crippen molar-refractivity contribution in [2.75, 3.05) is 23.3 Å². The average Bonchev–Trinajstić information content (AvgIpc) is 3.18. The number of anilines is 2. The van der Waals surface area contributed by atoms with E-state index < -0.39 is 0 Å². The molecule has 0 bridgehead atoms. The van der Waals surface area contributed by atoms with Crippen LogP contribution in [0.1, 0.15) is 40.0 Å². The number of nitrogens with zero attached hydrogens (tertiary/aromatic N) is 2. The fourth-order valence-electron chi connectivity index (χ4n) is 2.19. The van der Waals surface area contributed by atoms with Gasteiger partial charge in [-0.15, -0.1) is 0 Å². The monoisotopic (exact) mass is 247 g/mol. The molecule has 1 heterocycles. The van der Waals surface area contributed by atoms with Gasteiger partial charge in [-0.05, 0) is 31.2 Å². The second kappa shape index (κ2) is 6.07. The van der Waals surface area contributed by atoms with Gasteiger partial charge < -0.3 is 10.2 Å². The van der Waals surface area contributed by atoms with Gasteiger partial charge in [-0.1, -0.05) is 20.8 Å². The number of nitrogens with one attached hydrogen (secondary N) is 1. The van der Waals surface area contributed by atoms with E-state index in [1.807, 2.05) is 6.20 Å². The van der Waals surface area contributed by atoms with Crippen molar-refractivity contribution in [1.29, 1.82) is 0 Å². The predicted molar refractivity (Wildman–Crippen MR) is 78.2 cm³/mol. The van der Waals surface area contributed by atoms with E-state index in [1.165, 1.54) is 18.5 Å². The Bertz CT molecular complexity index is 372. The fourth-order valence-corrected chi connectivity index (χ4v) is 2.19. The maximum atomic E-state index is 4.38. The Morgan fingerprint density at radius 3 is 2.83 bits per heavy atom. The molecule has 1 aliphatic carbocycles. The standard InChI is InChI=1S/C15H25N3/c1-4-8-16-15-10-14(7-9-17-15)18(11-12(2)3)13-5-6-13/h7,9-10,12-13H,4-6,8,11H2,1-3H3,(H,16,17). The van der Waals surface area contributed by atoms with Crippen LogP contribution in [0, 0.1) is 5.92 Å². The lowest BCUT2D eigenvalue weighted by Crippen LogP contribution is -2.29. The molecule has 1 aromatic heterocycles. The summed E-state index contributed by atoms with van der Waals surface area (Å²) in [6, 6.07) is 5.09. The molecule has 2 rings (SSSR count). The van der Waals surface area contributed by atoms with Gasteiger partial charge in [0.1, 0.15) is 5.82 Å². The van der Waals surface area contributed by atoms with E-state index in [4.69, 9.17) is 0 Å². The summed E-state index contributed by atoms with van der Waals surface area (Å²) in [7, 11) is 0. The van der Waals surface area contributed by atoms with E-state index in [9.17, 15) is 0 Å². The molecule has 18 heavy (non-hydrogen) atoms. The van der Waals surface area contributed by atoms with Gasteiger partial charge in [0, 0.05) is 37.1 Å². The van der Waals surface area contributed by atoms with Crippen LogP contribution in [0.4, 0.5) is 11.5 Å². The van der Waals surface area contributed by atoms with Gasteiger partial charge >= 0.3 is 0 Å². The molecule has 3 nitrogen and oxygen atoms in total. The Balaban J connectivity index is 2.08. The molecule has 1 fully saturated rings. The SMILES string of the molecule is CCCNc1cc(N(CC(C)C)C2CC2)ccn1. The Morgan fingerprint density at radius 2 is 2.22 bits per heavy atom. The fraction of sp³-hybridized carbons (Fsp3) is 0.667. The Hall–Kier alpha value is -1.25. The number of pyridine rings is 1. The molecule has 0 aliphatic heterocycles. The summed E-state index contributed by atoms with van der Waals surface area (Å²) in [4.78, 5) is 6.93. The molecule has 1 aromatic rings. The summed E-state index contributed by atoms with van der Waals surface area (Å²) in [5.41, 5.74) is 1.32. The molecule has 0 aromatic carbocycles. The summed E-state index contributed by atoms with van der Waals surface area (Å²) in [5, 5.41) is 3.36. The average molecular weight is 247 g/mol. The van der Waals surface area contributed by atoms with E-state index in [0.717, 1.165) is 31.4 Å². The topological polar surface area (TPSA) is 28.2 Å². The second-order valence-electron chi connectivity index (χ2n) is 5.60. The molecule has 3 heteroatoms. The lowest BCUT2D eigenvalue weighted by atomic mass is 10.2. The third-order valence-corrected chi connectivity index (χ3v) is 3.18. The normalized spacial score (nSPS) is 14.9. The van der Waals surface area contributed by atoms with Gasteiger partial charge in [-0.25, -0.2) is 4.98 Å². The molecule has 0 spiro atoms. The van der Waals surface area contributed by atoms with Crippen LogP contribution in [-0.4, -0.2) is 24.1 Å². The summed E-state index contributed by atoms with van der Waals surface area (Å²) in [5.74, 6) is 1.70. The highest BCUT2D eigenvalue weighted by atomic mass is 15.2. The van der Waals surface area contributed by atoms with Crippen molar-refractivity contribution < 1.29 is 0 Å². The number of aromatic nitrogens is 1. The van der Waals surface area contributed by atoms with Crippen LogP contribution in [0.2, 0.25) is 0 Å². The van der Waals surface area contributed by atoms with Gasteiger partial charge in [0.2, 0.25) is 0 Å². The smallest absolute Gasteiger partial charge is 0.127 e. The summed E-state index contributed by atoms with van der Waals surface area (Å²) < 4.78 is 0. The van der Waals surface area contributed by atoms with E-state index >= 15 is 0 Å². The molecule has 0 atom stereocenters. The molecule has 0 saturated heterocycles. The van der Waals surface area contributed by atoms with Crippen LogP contribution in [0.25, 0.3) is 0 Å². The van der Waals surface area contributed by atoms with Crippen LogP contribution < -0.4 is 10.2 Å². The maximum Gasteiger partial charge on any atom is 0.127 e. The zero-order chi connectivity index (χ0) is 13.0. The Morgan fingerprint density at radius 1 is 1.44 bits per heavy atom. The number of rotatable bonds is 7. The van der Waals surface area contributed by atoms with Gasteiger partial charge in [0.25, 0.3) is 0 Å². The van der Waals surface area contributed by atoms with Crippen molar-refractivity contribution >= 4 is 11.5 Å². The largest absolute Gasteiger partial charge is 0.370 e. The predicted octanol–water partition coefficient (Wildman–Crippen LogP) is 3.53. The van der Waals surface area contributed by atoms with Crippen LogP contribution >= 0.6 is 0 Å². The third kappa shape index (κ3) is 3.62. The first-order valence-electron chi connectivity index (χ1n) is 7.17. The molecule has 0 amide bonds. The molecule has 1 N–H and O–H groups in total. The van der Waals surface area contributed by atoms with Crippen LogP contribution in [-0.2, 0) is 0 Å². The highest BCUT2D eigenvalue weighted by molar-refractivity contribution is 5.55. The first-order chi connectivity index (χ1) is 8.70. The molecule has 1 aliphatic rings. The Labute approximate surface area is 111 Å². The van der Waals surface area contributed by atoms with Gasteiger partial charge in [-0.2, -0.15) is 0 Å². The van der Waals surface area contributed by atoms with Crippen molar-refractivity contribution in [2.24, 2.45) is 5.92 Å². The molecule has 0 unspecified atom stereocenters. The molecule has 0 radical (unpaired) electrons.